The molecule has 0 atom stereocenters. The van der Waals surface area contributed by atoms with Gasteiger partial charge in [-0.1, -0.05) is 20.8 Å². The Morgan fingerprint density at radius 1 is 1.27 bits per heavy atom. The summed E-state index contributed by atoms with van der Waals surface area (Å²) < 4.78 is 13.0. The number of halogens is 1. The van der Waals surface area contributed by atoms with Gasteiger partial charge < -0.3 is 4.90 Å². The van der Waals surface area contributed by atoms with Crippen molar-refractivity contribution in [2.24, 2.45) is 5.41 Å². The van der Waals surface area contributed by atoms with Gasteiger partial charge in [-0.3, -0.25) is 4.79 Å². The van der Waals surface area contributed by atoms with Gasteiger partial charge in [-0.05, 0) is 24.3 Å². The van der Waals surface area contributed by atoms with Crippen LogP contribution in [0.15, 0.2) is 24.3 Å². The molecule has 0 fully saturated rings. The Labute approximate surface area is 133 Å². The van der Waals surface area contributed by atoms with Gasteiger partial charge in [0, 0.05) is 28.8 Å². The summed E-state index contributed by atoms with van der Waals surface area (Å²) >= 11 is 1.60. The lowest BCUT2D eigenvalue weighted by Gasteiger charge is -2.31. The van der Waals surface area contributed by atoms with Crippen molar-refractivity contribution in [1.29, 1.82) is 0 Å². The van der Waals surface area contributed by atoms with Crippen LogP contribution in [0.5, 0.6) is 0 Å². The van der Waals surface area contributed by atoms with Crippen LogP contribution < -0.4 is 0 Å². The van der Waals surface area contributed by atoms with Crippen LogP contribution in [0, 0.1) is 11.2 Å². The highest BCUT2D eigenvalue weighted by molar-refractivity contribution is 7.15. The highest BCUT2D eigenvalue weighted by Crippen LogP contribution is 2.33. The predicted molar refractivity (Wildman–Crippen MR) is 86.1 cm³/mol. The van der Waals surface area contributed by atoms with Crippen molar-refractivity contribution in [3.05, 3.63) is 40.7 Å². The Hall–Kier alpha value is -1.75. The van der Waals surface area contributed by atoms with Crippen molar-refractivity contribution in [1.82, 2.24) is 9.88 Å². The highest BCUT2D eigenvalue weighted by Gasteiger charge is 2.31. The number of carbonyl (C=O) groups excluding carboxylic acids is 1. The lowest BCUT2D eigenvalue weighted by molar-refractivity contribution is -0.140. The van der Waals surface area contributed by atoms with Crippen LogP contribution in [0.25, 0.3) is 10.6 Å². The molecule has 0 unspecified atom stereocenters. The average molecular weight is 318 g/mol. The van der Waals surface area contributed by atoms with Crippen LogP contribution in [-0.4, -0.2) is 22.3 Å². The van der Waals surface area contributed by atoms with Crippen LogP contribution in [0.3, 0.4) is 0 Å². The van der Waals surface area contributed by atoms with Crippen molar-refractivity contribution >= 4 is 17.2 Å². The fourth-order valence-corrected chi connectivity index (χ4v) is 3.69. The molecule has 1 aliphatic heterocycles. The van der Waals surface area contributed by atoms with E-state index >= 15 is 0 Å². The molecule has 2 aromatic rings. The van der Waals surface area contributed by atoms with E-state index in [4.69, 9.17) is 0 Å². The van der Waals surface area contributed by atoms with E-state index in [0.717, 1.165) is 34.1 Å². The molecule has 0 spiro atoms. The number of hydrogen-bond donors (Lipinski definition) is 0. The molecule has 3 rings (SSSR count). The SMILES string of the molecule is CC(C)(C)C(=O)N1CCc2nc(-c3ccc(F)cc3)sc2C1. The van der Waals surface area contributed by atoms with Gasteiger partial charge >= 0.3 is 0 Å². The Morgan fingerprint density at radius 2 is 1.95 bits per heavy atom. The fraction of sp³-hybridized carbons (Fsp3) is 0.412. The maximum atomic E-state index is 13.0. The molecule has 1 aromatic heterocycles. The third kappa shape index (κ3) is 2.90. The van der Waals surface area contributed by atoms with Gasteiger partial charge in [-0.2, -0.15) is 0 Å². The highest BCUT2D eigenvalue weighted by atomic mass is 32.1. The topological polar surface area (TPSA) is 33.2 Å². The van der Waals surface area contributed by atoms with Gasteiger partial charge in [0.25, 0.3) is 0 Å². The fourth-order valence-electron chi connectivity index (χ4n) is 2.56. The number of nitrogens with zero attached hydrogens (tertiary/aromatic N) is 2. The quantitative estimate of drug-likeness (QED) is 0.799. The van der Waals surface area contributed by atoms with Gasteiger partial charge in [-0.25, -0.2) is 9.37 Å². The first-order valence-corrected chi connectivity index (χ1v) is 8.20. The van der Waals surface area contributed by atoms with Crippen molar-refractivity contribution in [3.8, 4) is 10.6 Å². The summed E-state index contributed by atoms with van der Waals surface area (Å²) in [6.45, 7) is 7.18. The summed E-state index contributed by atoms with van der Waals surface area (Å²) in [5.41, 5.74) is 1.64. The number of carbonyl (C=O) groups is 1. The zero-order valence-electron chi connectivity index (χ0n) is 13.0. The summed E-state index contributed by atoms with van der Waals surface area (Å²) in [5.74, 6) is -0.0677. The molecule has 0 radical (unpaired) electrons. The normalized spacial score (nSPS) is 14.8. The van der Waals surface area contributed by atoms with Gasteiger partial charge in [0.1, 0.15) is 10.8 Å². The number of fused-ring (bicyclic) bond motifs is 1. The molecule has 5 heteroatoms. The maximum absolute atomic E-state index is 13.0. The molecule has 0 aliphatic carbocycles. The maximum Gasteiger partial charge on any atom is 0.228 e. The molecule has 0 N–H and O–H groups in total. The molecule has 0 saturated carbocycles. The number of hydrogen-bond acceptors (Lipinski definition) is 3. The molecular formula is C17H19FN2OS. The zero-order valence-corrected chi connectivity index (χ0v) is 13.8. The van der Waals surface area contributed by atoms with Gasteiger partial charge in [-0.15, -0.1) is 11.3 Å². The minimum atomic E-state index is -0.359. The number of amides is 1. The molecular weight excluding hydrogens is 299 g/mol. The zero-order chi connectivity index (χ0) is 15.9. The second-order valence-electron chi connectivity index (χ2n) is 6.62. The van der Waals surface area contributed by atoms with Crippen LogP contribution >= 0.6 is 11.3 Å². The molecule has 22 heavy (non-hydrogen) atoms. The largest absolute Gasteiger partial charge is 0.337 e. The summed E-state index contributed by atoms with van der Waals surface area (Å²) in [6, 6.07) is 6.39. The van der Waals surface area contributed by atoms with Crippen molar-refractivity contribution in [3.63, 3.8) is 0 Å². The predicted octanol–water partition coefficient (Wildman–Crippen LogP) is 3.88. The monoisotopic (exact) mass is 318 g/mol. The molecule has 2 heterocycles. The minimum absolute atomic E-state index is 0.176. The number of thiazole rings is 1. The molecule has 3 nitrogen and oxygen atoms in total. The van der Waals surface area contributed by atoms with E-state index in [2.05, 4.69) is 4.98 Å². The summed E-state index contributed by atoms with van der Waals surface area (Å²) in [4.78, 5) is 20.1. The van der Waals surface area contributed by atoms with Crippen molar-refractivity contribution in [2.75, 3.05) is 6.54 Å². The molecule has 116 valence electrons. The summed E-state index contributed by atoms with van der Waals surface area (Å²) in [5, 5.41) is 0.898. The van der Waals surface area contributed by atoms with Crippen LogP contribution in [0.2, 0.25) is 0 Å². The average Bonchev–Trinajstić information content (AvgIpc) is 2.89. The lowest BCUT2D eigenvalue weighted by atomic mass is 9.94. The second-order valence-corrected chi connectivity index (χ2v) is 7.71. The molecule has 1 amide bonds. The van der Waals surface area contributed by atoms with E-state index < -0.39 is 0 Å². The smallest absolute Gasteiger partial charge is 0.228 e. The molecule has 1 aromatic carbocycles. The van der Waals surface area contributed by atoms with E-state index in [-0.39, 0.29) is 17.1 Å². The number of rotatable bonds is 1. The Kier molecular flexibility index (Phi) is 3.77. The summed E-state index contributed by atoms with van der Waals surface area (Å²) in [7, 11) is 0. The first kappa shape index (κ1) is 15.2. The standard InChI is InChI=1S/C17H19FN2OS/c1-17(2,3)16(21)20-9-8-13-14(10-20)22-15(19-13)11-4-6-12(18)7-5-11/h4-7H,8-10H2,1-3H3. The molecule has 1 aliphatic rings. The third-order valence-corrected chi connectivity index (χ3v) is 4.88. The van der Waals surface area contributed by atoms with Crippen LogP contribution in [0.1, 0.15) is 31.3 Å². The van der Waals surface area contributed by atoms with E-state index in [0.29, 0.717) is 6.54 Å². The Bertz CT molecular complexity index is 700. The second kappa shape index (κ2) is 5.47. The van der Waals surface area contributed by atoms with E-state index in [1.165, 1.54) is 12.1 Å². The first-order valence-electron chi connectivity index (χ1n) is 7.38. The van der Waals surface area contributed by atoms with Gasteiger partial charge in [0.15, 0.2) is 0 Å². The molecule has 0 saturated heterocycles. The van der Waals surface area contributed by atoms with Crippen LogP contribution in [0.4, 0.5) is 4.39 Å². The van der Waals surface area contributed by atoms with Crippen molar-refractivity contribution < 1.29 is 9.18 Å². The third-order valence-electron chi connectivity index (χ3n) is 3.75. The van der Waals surface area contributed by atoms with E-state index in [1.807, 2.05) is 25.7 Å². The number of aromatic nitrogens is 1. The number of benzene rings is 1. The van der Waals surface area contributed by atoms with Gasteiger partial charge in [0.05, 0.1) is 12.2 Å². The first-order chi connectivity index (χ1) is 10.3. The summed E-state index contributed by atoms with van der Waals surface area (Å²) in [6.07, 6.45) is 0.787. The van der Waals surface area contributed by atoms with E-state index in [9.17, 15) is 9.18 Å². The minimum Gasteiger partial charge on any atom is -0.337 e. The van der Waals surface area contributed by atoms with Crippen LogP contribution in [-0.2, 0) is 17.8 Å². The van der Waals surface area contributed by atoms with E-state index in [1.54, 1.807) is 23.5 Å². The van der Waals surface area contributed by atoms with Crippen molar-refractivity contribution in [2.45, 2.75) is 33.7 Å². The lowest BCUT2D eigenvalue weighted by Crippen LogP contribution is -2.42. The molecule has 0 bridgehead atoms. The Morgan fingerprint density at radius 3 is 2.59 bits per heavy atom. The Balaban J connectivity index is 1.84. The van der Waals surface area contributed by atoms with Gasteiger partial charge in [0.2, 0.25) is 5.91 Å².